The summed E-state index contributed by atoms with van der Waals surface area (Å²) in [5.41, 5.74) is 2.29. The molecule has 8 nitrogen and oxygen atoms in total. The van der Waals surface area contributed by atoms with Crippen LogP contribution in [-0.4, -0.2) is 48.9 Å². The third kappa shape index (κ3) is 8.05. The van der Waals surface area contributed by atoms with E-state index in [2.05, 4.69) is 0 Å². The predicted octanol–water partition coefficient (Wildman–Crippen LogP) is 3.52. The van der Waals surface area contributed by atoms with Crippen molar-refractivity contribution in [3.05, 3.63) is 83.4 Å². The van der Waals surface area contributed by atoms with Crippen molar-refractivity contribution in [3.63, 3.8) is 0 Å². The molecule has 2 aromatic carbocycles. The van der Waals surface area contributed by atoms with Gasteiger partial charge in [0.15, 0.2) is 12.2 Å². The number of hydrogen-bond donors (Lipinski definition) is 0. The molecule has 0 fully saturated rings. The molecule has 0 aliphatic heterocycles. The van der Waals surface area contributed by atoms with Gasteiger partial charge in [0.25, 0.3) is 0 Å². The number of benzene rings is 2. The maximum atomic E-state index is 12.0. The fraction of sp³-hybridized carbons (Fsp3) is 0.370. The molecule has 0 unspecified atom stereocenters. The van der Waals surface area contributed by atoms with Crippen LogP contribution < -0.4 is 0 Å². The Morgan fingerprint density at radius 1 is 0.657 bits per heavy atom. The highest BCUT2D eigenvalue weighted by Gasteiger charge is 2.46. The van der Waals surface area contributed by atoms with E-state index in [9.17, 15) is 14.4 Å². The second-order valence-electron chi connectivity index (χ2n) is 8.15. The summed E-state index contributed by atoms with van der Waals surface area (Å²) in [6.07, 6.45) is -1.83. The molecule has 1 aliphatic rings. The first-order valence-corrected chi connectivity index (χ1v) is 11.3. The van der Waals surface area contributed by atoms with Crippen LogP contribution in [0.1, 0.15) is 31.9 Å². The first kappa shape index (κ1) is 26.1. The van der Waals surface area contributed by atoms with Gasteiger partial charge >= 0.3 is 17.9 Å². The molecule has 0 aromatic heterocycles. The number of rotatable bonds is 10. The Labute approximate surface area is 204 Å². The molecule has 4 atom stereocenters. The molecular weight excluding hydrogens is 452 g/mol. The molecular formula is C27H30O8. The lowest BCUT2D eigenvalue weighted by Crippen LogP contribution is -2.54. The monoisotopic (exact) mass is 482 g/mol. The zero-order valence-electron chi connectivity index (χ0n) is 20.0. The van der Waals surface area contributed by atoms with Crippen LogP contribution in [0.2, 0.25) is 0 Å². The van der Waals surface area contributed by atoms with E-state index in [-0.39, 0.29) is 19.8 Å². The summed E-state index contributed by atoms with van der Waals surface area (Å²) in [6.45, 7) is 4.14. The molecule has 2 aromatic rings. The normalized spacial score (nSPS) is 21.5. The maximum absolute atomic E-state index is 12.0. The van der Waals surface area contributed by atoms with E-state index in [0.717, 1.165) is 11.1 Å². The largest absolute Gasteiger partial charge is 0.461 e. The predicted molar refractivity (Wildman–Crippen MR) is 126 cm³/mol. The molecule has 0 amide bonds. The Bertz CT molecular complexity index is 1020. The average Bonchev–Trinajstić information content (AvgIpc) is 2.83. The van der Waals surface area contributed by atoms with Crippen molar-refractivity contribution in [1.29, 1.82) is 0 Å². The molecule has 0 heterocycles. The Morgan fingerprint density at radius 2 is 1.20 bits per heavy atom. The number of esters is 3. The quantitative estimate of drug-likeness (QED) is 0.288. The lowest BCUT2D eigenvalue weighted by atomic mass is 9.88. The minimum absolute atomic E-state index is 0.129. The molecule has 1 aliphatic carbocycles. The van der Waals surface area contributed by atoms with Crippen LogP contribution >= 0.6 is 0 Å². The van der Waals surface area contributed by atoms with Crippen molar-refractivity contribution in [2.24, 2.45) is 0 Å². The minimum atomic E-state index is -0.948. The van der Waals surface area contributed by atoms with Gasteiger partial charge in [0.2, 0.25) is 0 Å². The molecule has 8 heteroatoms. The highest BCUT2D eigenvalue weighted by molar-refractivity contribution is 5.68. The standard InChI is InChI=1S/C27H30O8/c1-18(28)31-17-23-14-24(32-15-21-10-6-4-7-11-21)26(35-20(3)30)27(25(23)34-19(2)29)33-16-22-12-8-5-9-13-22/h4-14,24-27H,15-17H2,1-3H3/t24-,25+,26-,27-/m0/s1. The van der Waals surface area contributed by atoms with Gasteiger partial charge in [-0.25, -0.2) is 0 Å². The average molecular weight is 483 g/mol. The Hall–Kier alpha value is -3.49. The fourth-order valence-electron chi connectivity index (χ4n) is 3.79. The third-order valence-electron chi connectivity index (χ3n) is 5.30. The van der Waals surface area contributed by atoms with Gasteiger partial charge in [0, 0.05) is 26.3 Å². The van der Waals surface area contributed by atoms with Gasteiger partial charge in [-0.1, -0.05) is 60.7 Å². The van der Waals surface area contributed by atoms with Gasteiger partial charge in [-0.2, -0.15) is 0 Å². The van der Waals surface area contributed by atoms with Gasteiger partial charge in [0.05, 0.1) is 13.2 Å². The first-order chi connectivity index (χ1) is 16.8. The highest BCUT2D eigenvalue weighted by atomic mass is 16.6. The Morgan fingerprint density at radius 3 is 1.71 bits per heavy atom. The fourth-order valence-corrected chi connectivity index (χ4v) is 3.79. The molecule has 0 saturated heterocycles. The van der Waals surface area contributed by atoms with Crippen LogP contribution in [0.4, 0.5) is 0 Å². The van der Waals surface area contributed by atoms with Crippen LogP contribution in [0.15, 0.2) is 72.3 Å². The lowest BCUT2D eigenvalue weighted by molar-refractivity contribution is -0.190. The van der Waals surface area contributed by atoms with Crippen LogP contribution in [0, 0.1) is 0 Å². The summed E-state index contributed by atoms with van der Waals surface area (Å²) < 4.78 is 28.8. The zero-order valence-corrected chi connectivity index (χ0v) is 20.0. The summed E-state index contributed by atoms with van der Waals surface area (Å²) in [5.74, 6) is -1.57. The summed E-state index contributed by atoms with van der Waals surface area (Å²) >= 11 is 0. The van der Waals surface area contributed by atoms with Crippen molar-refractivity contribution < 1.29 is 38.1 Å². The second-order valence-corrected chi connectivity index (χ2v) is 8.15. The van der Waals surface area contributed by atoms with Crippen LogP contribution in [0.5, 0.6) is 0 Å². The molecule has 0 N–H and O–H groups in total. The van der Waals surface area contributed by atoms with E-state index in [0.29, 0.717) is 5.57 Å². The van der Waals surface area contributed by atoms with E-state index in [1.54, 1.807) is 6.08 Å². The molecule has 0 radical (unpaired) electrons. The molecule has 35 heavy (non-hydrogen) atoms. The SMILES string of the molecule is CC(=O)OCC1=C[C@H](OCc2ccccc2)[C@H](OC(C)=O)[C@@H](OCc2ccccc2)[C@@H]1OC(C)=O. The second kappa shape index (κ2) is 12.8. The summed E-state index contributed by atoms with van der Waals surface area (Å²) in [5, 5.41) is 0. The molecule has 0 saturated carbocycles. The van der Waals surface area contributed by atoms with Gasteiger partial charge < -0.3 is 23.7 Å². The number of ether oxygens (including phenoxy) is 5. The summed E-state index contributed by atoms with van der Waals surface area (Å²) in [7, 11) is 0. The molecule has 186 valence electrons. The topological polar surface area (TPSA) is 97.4 Å². The molecule has 0 bridgehead atoms. The first-order valence-electron chi connectivity index (χ1n) is 11.3. The van der Waals surface area contributed by atoms with Crippen LogP contribution in [0.25, 0.3) is 0 Å². The Kier molecular flexibility index (Phi) is 9.57. The van der Waals surface area contributed by atoms with Crippen LogP contribution in [-0.2, 0) is 51.3 Å². The van der Waals surface area contributed by atoms with E-state index in [1.165, 1.54) is 20.8 Å². The van der Waals surface area contributed by atoms with Gasteiger partial charge in [-0.05, 0) is 17.2 Å². The Balaban J connectivity index is 1.95. The van der Waals surface area contributed by atoms with E-state index in [4.69, 9.17) is 23.7 Å². The van der Waals surface area contributed by atoms with Crippen LogP contribution in [0.3, 0.4) is 0 Å². The highest BCUT2D eigenvalue weighted by Crippen LogP contribution is 2.31. The summed E-state index contributed by atoms with van der Waals surface area (Å²) in [4.78, 5) is 35.6. The third-order valence-corrected chi connectivity index (χ3v) is 5.30. The van der Waals surface area contributed by atoms with Gasteiger partial charge in [-0.15, -0.1) is 0 Å². The maximum Gasteiger partial charge on any atom is 0.303 e. The van der Waals surface area contributed by atoms with E-state index >= 15 is 0 Å². The smallest absolute Gasteiger partial charge is 0.303 e. The van der Waals surface area contributed by atoms with Gasteiger partial charge in [0.1, 0.15) is 18.8 Å². The van der Waals surface area contributed by atoms with Crippen molar-refractivity contribution in [1.82, 2.24) is 0 Å². The summed E-state index contributed by atoms with van der Waals surface area (Å²) in [6, 6.07) is 19.0. The van der Waals surface area contributed by atoms with E-state index < -0.39 is 42.3 Å². The van der Waals surface area contributed by atoms with Crippen molar-refractivity contribution in [3.8, 4) is 0 Å². The van der Waals surface area contributed by atoms with Crippen molar-refractivity contribution in [2.45, 2.75) is 58.4 Å². The number of carbonyl (C=O) groups is 3. The number of hydrogen-bond acceptors (Lipinski definition) is 8. The van der Waals surface area contributed by atoms with Gasteiger partial charge in [-0.3, -0.25) is 14.4 Å². The zero-order chi connectivity index (χ0) is 25.2. The number of carbonyl (C=O) groups excluding carboxylic acids is 3. The lowest BCUT2D eigenvalue weighted by Gasteiger charge is -2.40. The molecule has 0 spiro atoms. The minimum Gasteiger partial charge on any atom is -0.461 e. The van der Waals surface area contributed by atoms with Crippen molar-refractivity contribution in [2.75, 3.05) is 6.61 Å². The molecule has 3 rings (SSSR count). The van der Waals surface area contributed by atoms with E-state index in [1.807, 2.05) is 60.7 Å². The van der Waals surface area contributed by atoms with Crippen molar-refractivity contribution >= 4 is 17.9 Å².